The second-order valence-electron chi connectivity index (χ2n) is 3.31. The van der Waals surface area contributed by atoms with Crippen LogP contribution >= 0.6 is 34.2 Å². The number of sulfonamides is 1. The SMILES string of the molecule is O=[N+]([O-])c1cc(Cl)ccc1S(=O)(=O)NCCCI. The lowest BCUT2D eigenvalue weighted by Crippen LogP contribution is -2.25. The number of nitrogens with one attached hydrogen (secondary N) is 1. The van der Waals surface area contributed by atoms with Gasteiger partial charge in [0.1, 0.15) is 0 Å². The monoisotopic (exact) mass is 404 g/mol. The smallest absolute Gasteiger partial charge is 0.258 e. The third kappa shape index (κ3) is 4.04. The van der Waals surface area contributed by atoms with Gasteiger partial charge in [-0.15, -0.1) is 0 Å². The summed E-state index contributed by atoms with van der Waals surface area (Å²) in [6.07, 6.45) is 0.654. The van der Waals surface area contributed by atoms with Gasteiger partial charge in [-0.25, -0.2) is 13.1 Å². The minimum atomic E-state index is -3.88. The molecule has 100 valence electrons. The standard InChI is InChI=1S/C9H10ClIN2O4S/c10-7-2-3-9(8(6-7)13(14)15)18(16,17)12-5-1-4-11/h2-3,6,12H,1,4-5H2. The van der Waals surface area contributed by atoms with Gasteiger partial charge in [-0.05, 0) is 18.6 Å². The van der Waals surface area contributed by atoms with Crippen molar-refractivity contribution in [3.8, 4) is 0 Å². The molecule has 0 aliphatic carbocycles. The van der Waals surface area contributed by atoms with Gasteiger partial charge in [-0.1, -0.05) is 34.2 Å². The normalized spacial score (nSPS) is 11.4. The summed E-state index contributed by atoms with van der Waals surface area (Å²) in [7, 11) is -3.88. The van der Waals surface area contributed by atoms with Crippen molar-refractivity contribution >= 4 is 49.9 Å². The van der Waals surface area contributed by atoms with E-state index in [0.29, 0.717) is 6.42 Å². The molecule has 0 saturated heterocycles. The predicted octanol–water partition coefficient (Wildman–Crippen LogP) is 2.35. The third-order valence-corrected chi connectivity index (χ3v) is 4.52. The Bertz CT molecular complexity index is 549. The molecule has 0 bridgehead atoms. The first-order valence-electron chi connectivity index (χ1n) is 4.88. The number of nitro groups is 1. The highest BCUT2D eigenvalue weighted by atomic mass is 127. The summed E-state index contributed by atoms with van der Waals surface area (Å²) in [5.41, 5.74) is -0.524. The van der Waals surface area contributed by atoms with E-state index in [1.54, 1.807) is 0 Å². The minimum absolute atomic E-state index is 0.118. The number of nitrogens with zero attached hydrogens (tertiary/aromatic N) is 1. The second-order valence-corrected chi connectivity index (χ2v) is 6.56. The van der Waals surface area contributed by atoms with Crippen molar-refractivity contribution in [3.05, 3.63) is 33.3 Å². The molecule has 0 unspecified atom stereocenters. The lowest BCUT2D eigenvalue weighted by molar-refractivity contribution is -0.387. The molecule has 0 atom stereocenters. The van der Waals surface area contributed by atoms with Crippen LogP contribution in [0.25, 0.3) is 0 Å². The first-order chi connectivity index (χ1) is 8.38. The van der Waals surface area contributed by atoms with Crippen LogP contribution in [0.1, 0.15) is 6.42 Å². The number of hydrogen-bond acceptors (Lipinski definition) is 4. The fraction of sp³-hybridized carbons (Fsp3) is 0.333. The molecular formula is C9H10ClIN2O4S. The fourth-order valence-electron chi connectivity index (χ4n) is 1.21. The Hall–Kier alpha value is -0.450. The maximum absolute atomic E-state index is 11.9. The molecule has 0 radical (unpaired) electrons. The zero-order valence-electron chi connectivity index (χ0n) is 9.10. The number of alkyl halides is 1. The molecule has 0 heterocycles. The van der Waals surface area contributed by atoms with Gasteiger partial charge in [0.15, 0.2) is 4.90 Å². The van der Waals surface area contributed by atoms with Crippen LogP contribution in [0.15, 0.2) is 23.1 Å². The van der Waals surface area contributed by atoms with E-state index in [9.17, 15) is 18.5 Å². The van der Waals surface area contributed by atoms with Crippen LogP contribution in [0.5, 0.6) is 0 Å². The van der Waals surface area contributed by atoms with Crippen molar-refractivity contribution < 1.29 is 13.3 Å². The van der Waals surface area contributed by atoms with Crippen LogP contribution in [0.4, 0.5) is 5.69 Å². The average Bonchev–Trinajstić information content (AvgIpc) is 2.28. The van der Waals surface area contributed by atoms with Crippen molar-refractivity contribution in [2.45, 2.75) is 11.3 Å². The Morgan fingerprint density at radius 1 is 1.44 bits per heavy atom. The minimum Gasteiger partial charge on any atom is -0.258 e. The molecule has 1 aromatic carbocycles. The number of halogens is 2. The highest BCUT2D eigenvalue weighted by Crippen LogP contribution is 2.26. The first kappa shape index (κ1) is 15.6. The first-order valence-corrected chi connectivity index (χ1v) is 8.26. The second kappa shape index (κ2) is 6.64. The zero-order chi connectivity index (χ0) is 13.8. The van der Waals surface area contributed by atoms with E-state index in [4.69, 9.17) is 11.6 Å². The van der Waals surface area contributed by atoms with Gasteiger partial charge in [0.05, 0.1) is 4.92 Å². The van der Waals surface area contributed by atoms with Crippen LogP contribution in [-0.2, 0) is 10.0 Å². The Morgan fingerprint density at radius 2 is 2.11 bits per heavy atom. The molecule has 0 aliphatic rings. The maximum atomic E-state index is 11.9. The van der Waals surface area contributed by atoms with Gasteiger partial charge in [0.25, 0.3) is 5.69 Å². The number of nitro benzene ring substituents is 1. The molecule has 0 aliphatic heterocycles. The molecule has 0 spiro atoms. The van der Waals surface area contributed by atoms with Crippen molar-refractivity contribution in [2.75, 3.05) is 11.0 Å². The molecular weight excluding hydrogens is 395 g/mol. The quantitative estimate of drug-likeness (QED) is 0.259. The van der Waals surface area contributed by atoms with Crippen LogP contribution in [0.2, 0.25) is 5.02 Å². The van der Waals surface area contributed by atoms with E-state index in [1.807, 2.05) is 0 Å². The summed E-state index contributed by atoms with van der Waals surface area (Å²) in [6, 6.07) is 3.46. The third-order valence-electron chi connectivity index (χ3n) is 2.01. The summed E-state index contributed by atoms with van der Waals surface area (Å²) < 4.78 is 26.9. The van der Waals surface area contributed by atoms with Gasteiger partial charge in [0.2, 0.25) is 10.0 Å². The lowest BCUT2D eigenvalue weighted by atomic mass is 10.3. The van der Waals surface area contributed by atoms with Crippen molar-refractivity contribution in [1.82, 2.24) is 4.72 Å². The Kier molecular flexibility index (Phi) is 5.76. The summed E-state index contributed by atoms with van der Waals surface area (Å²) in [5, 5.41) is 10.9. The van der Waals surface area contributed by atoms with Crippen molar-refractivity contribution in [2.24, 2.45) is 0 Å². The molecule has 9 heteroatoms. The topological polar surface area (TPSA) is 89.3 Å². The predicted molar refractivity (Wildman–Crippen MR) is 76.8 cm³/mol. The average molecular weight is 405 g/mol. The number of hydrogen-bond donors (Lipinski definition) is 1. The van der Waals surface area contributed by atoms with E-state index < -0.39 is 20.6 Å². The van der Waals surface area contributed by atoms with E-state index in [1.165, 1.54) is 6.07 Å². The molecule has 18 heavy (non-hydrogen) atoms. The largest absolute Gasteiger partial charge is 0.290 e. The molecule has 1 N–H and O–H groups in total. The van der Waals surface area contributed by atoms with Crippen molar-refractivity contribution in [1.29, 1.82) is 0 Å². The molecule has 0 saturated carbocycles. The Labute approximate surface area is 123 Å². The fourth-order valence-corrected chi connectivity index (χ4v) is 2.98. The molecule has 6 nitrogen and oxygen atoms in total. The van der Waals surface area contributed by atoms with Crippen LogP contribution < -0.4 is 4.72 Å². The number of benzene rings is 1. The Balaban J connectivity index is 3.12. The highest BCUT2D eigenvalue weighted by molar-refractivity contribution is 14.1. The Morgan fingerprint density at radius 3 is 2.67 bits per heavy atom. The summed E-state index contributed by atoms with van der Waals surface area (Å²) in [4.78, 5) is 9.67. The van der Waals surface area contributed by atoms with E-state index in [2.05, 4.69) is 27.3 Å². The van der Waals surface area contributed by atoms with Gasteiger partial charge >= 0.3 is 0 Å². The molecule has 0 fully saturated rings. The van der Waals surface area contributed by atoms with Gasteiger partial charge in [-0.2, -0.15) is 0 Å². The molecule has 0 aromatic heterocycles. The maximum Gasteiger partial charge on any atom is 0.290 e. The molecule has 1 aromatic rings. The molecule has 0 amide bonds. The van der Waals surface area contributed by atoms with E-state index >= 15 is 0 Å². The summed E-state index contributed by atoms with van der Waals surface area (Å²) in [6.45, 7) is 0.241. The summed E-state index contributed by atoms with van der Waals surface area (Å²) in [5.74, 6) is 0. The highest BCUT2D eigenvalue weighted by Gasteiger charge is 2.25. The van der Waals surface area contributed by atoms with Gasteiger partial charge < -0.3 is 0 Å². The molecule has 1 rings (SSSR count). The van der Waals surface area contributed by atoms with E-state index in [0.717, 1.165) is 16.6 Å². The van der Waals surface area contributed by atoms with Crippen molar-refractivity contribution in [3.63, 3.8) is 0 Å². The van der Waals surface area contributed by atoms with Gasteiger partial charge in [0, 0.05) is 22.1 Å². The van der Waals surface area contributed by atoms with Crippen LogP contribution in [-0.4, -0.2) is 24.3 Å². The summed E-state index contributed by atoms with van der Waals surface area (Å²) >= 11 is 7.73. The van der Waals surface area contributed by atoms with Gasteiger partial charge in [-0.3, -0.25) is 10.1 Å². The lowest BCUT2D eigenvalue weighted by Gasteiger charge is -2.06. The number of rotatable bonds is 6. The van der Waals surface area contributed by atoms with E-state index in [-0.39, 0.29) is 16.5 Å². The van der Waals surface area contributed by atoms with Crippen LogP contribution in [0, 0.1) is 10.1 Å². The zero-order valence-corrected chi connectivity index (χ0v) is 12.8. The van der Waals surface area contributed by atoms with Crippen LogP contribution in [0.3, 0.4) is 0 Å².